The molecule has 1 saturated heterocycles. The molecule has 0 atom stereocenters. The average Bonchev–Trinajstić information content (AvgIpc) is 2.46. The first-order valence-corrected chi connectivity index (χ1v) is 8.29. The number of halogens is 1. The van der Waals surface area contributed by atoms with E-state index in [1.807, 2.05) is 17.8 Å². The van der Waals surface area contributed by atoms with Crippen LogP contribution in [0, 0.1) is 5.82 Å². The molecule has 4 nitrogen and oxygen atoms in total. The van der Waals surface area contributed by atoms with Crippen LogP contribution >= 0.6 is 11.8 Å². The Kier molecular flexibility index (Phi) is 5.73. The van der Waals surface area contributed by atoms with E-state index in [0.29, 0.717) is 12.2 Å². The highest BCUT2D eigenvalue weighted by Gasteiger charge is 2.15. The van der Waals surface area contributed by atoms with Crippen LogP contribution in [0.25, 0.3) is 0 Å². The molecule has 0 unspecified atom stereocenters. The molecule has 116 valence electrons. The Labute approximate surface area is 129 Å². The summed E-state index contributed by atoms with van der Waals surface area (Å²) < 4.78 is 13.8. The quantitative estimate of drug-likeness (QED) is 0.898. The summed E-state index contributed by atoms with van der Waals surface area (Å²) in [7, 11) is 3.60. The smallest absolute Gasteiger partial charge is 0.315 e. The van der Waals surface area contributed by atoms with Gasteiger partial charge in [-0.1, -0.05) is 6.07 Å². The zero-order chi connectivity index (χ0) is 15.2. The lowest BCUT2D eigenvalue weighted by Gasteiger charge is -2.22. The van der Waals surface area contributed by atoms with E-state index < -0.39 is 0 Å². The van der Waals surface area contributed by atoms with Crippen molar-refractivity contribution >= 4 is 23.5 Å². The van der Waals surface area contributed by atoms with Crippen molar-refractivity contribution in [1.82, 2.24) is 10.6 Å². The minimum Gasteiger partial charge on any atom is -0.375 e. The second-order valence-electron chi connectivity index (χ2n) is 5.39. The third kappa shape index (κ3) is 4.81. The number of benzene rings is 1. The molecule has 1 aromatic carbocycles. The summed E-state index contributed by atoms with van der Waals surface area (Å²) in [5.74, 6) is 1.92. The Hall–Kier alpha value is -1.43. The number of urea groups is 1. The largest absolute Gasteiger partial charge is 0.375 e. The molecule has 0 aromatic heterocycles. The summed E-state index contributed by atoms with van der Waals surface area (Å²) in [5, 5.41) is 5.75. The van der Waals surface area contributed by atoms with Crippen LogP contribution < -0.4 is 15.5 Å². The van der Waals surface area contributed by atoms with Gasteiger partial charge in [0.1, 0.15) is 5.82 Å². The van der Waals surface area contributed by atoms with Crippen LogP contribution in [0.4, 0.5) is 14.9 Å². The van der Waals surface area contributed by atoms with Gasteiger partial charge in [0, 0.05) is 26.7 Å². The van der Waals surface area contributed by atoms with Crippen molar-refractivity contribution in [3.8, 4) is 0 Å². The van der Waals surface area contributed by atoms with Crippen LogP contribution in [0.15, 0.2) is 18.2 Å². The predicted molar refractivity (Wildman–Crippen MR) is 86.4 cm³/mol. The van der Waals surface area contributed by atoms with Crippen molar-refractivity contribution in [2.75, 3.05) is 30.5 Å². The Balaban J connectivity index is 1.82. The van der Waals surface area contributed by atoms with Gasteiger partial charge in [-0.3, -0.25) is 0 Å². The van der Waals surface area contributed by atoms with E-state index in [2.05, 4.69) is 10.6 Å². The number of amides is 2. The molecule has 21 heavy (non-hydrogen) atoms. The van der Waals surface area contributed by atoms with Gasteiger partial charge in [0.05, 0.1) is 5.69 Å². The molecule has 0 bridgehead atoms. The zero-order valence-corrected chi connectivity index (χ0v) is 13.3. The van der Waals surface area contributed by atoms with Gasteiger partial charge in [-0.2, -0.15) is 11.8 Å². The summed E-state index contributed by atoms with van der Waals surface area (Å²) in [4.78, 5) is 13.5. The highest BCUT2D eigenvalue weighted by Crippen LogP contribution is 2.18. The number of carbonyl (C=O) groups excluding carboxylic acids is 1. The number of anilines is 1. The molecule has 2 rings (SSSR count). The van der Waals surface area contributed by atoms with Crippen LogP contribution in [0.5, 0.6) is 0 Å². The van der Waals surface area contributed by atoms with Gasteiger partial charge < -0.3 is 15.5 Å². The monoisotopic (exact) mass is 311 g/mol. The Morgan fingerprint density at radius 2 is 2.10 bits per heavy atom. The standard InChI is InChI=1S/C15H22FN3OS/c1-19(2)14-4-3-11(9-13(14)16)10-17-15(20)18-12-5-7-21-8-6-12/h3-4,9,12H,5-8,10H2,1-2H3,(H2,17,18,20). The van der Waals surface area contributed by atoms with E-state index in [1.54, 1.807) is 25.1 Å². The lowest BCUT2D eigenvalue weighted by molar-refractivity contribution is 0.235. The number of nitrogens with one attached hydrogen (secondary N) is 2. The van der Waals surface area contributed by atoms with E-state index in [1.165, 1.54) is 6.07 Å². The summed E-state index contributed by atoms with van der Waals surface area (Å²) in [6, 6.07) is 5.11. The lowest BCUT2D eigenvalue weighted by atomic mass is 10.1. The second kappa shape index (κ2) is 7.54. The molecular weight excluding hydrogens is 289 g/mol. The SMILES string of the molecule is CN(C)c1ccc(CNC(=O)NC2CCSCC2)cc1F. The van der Waals surface area contributed by atoms with Gasteiger partial charge in [0.2, 0.25) is 0 Å². The van der Waals surface area contributed by atoms with E-state index >= 15 is 0 Å². The average molecular weight is 311 g/mol. The fourth-order valence-electron chi connectivity index (χ4n) is 2.28. The third-order valence-corrected chi connectivity index (χ3v) is 4.55. The van der Waals surface area contributed by atoms with E-state index in [9.17, 15) is 9.18 Å². The molecule has 1 aromatic rings. The first kappa shape index (κ1) is 15.9. The number of hydrogen-bond donors (Lipinski definition) is 2. The molecule has 6 heteroatoms. The van der Waals surface area contributed by atoms with Gasteiger partial charge in [0.25, 0.3) is 0 Å². The molecule has 1 aliphatic heterocycles. The second-order valence-corrected chi connectivity index (χ2v) is 6.62. The van der Waals surface area contributed by atoms with Crippen LogP contribution in [0.1, 0.15) is 18.4 Å². The normalized spacial score (nSPS) is 15.6. The third-order valence-electron chi connectivity index (χ3n) is 3.50. The number of hydrogen-bond acceptors (Lipinski definition) is 3. The van der Waals surface area contributed by atoms with Crippen LogP contribution in [-0.4, -0.2) is 37.7 Å². The van der Waals surface area contributed by atoms with Crippen molar-refractivity contribution in [1.29, 1.82) is 0 Å². The zero-order valence-electron chi connectivity index (χ0n) is 12.5. The van der Waals surface area contributed by atoms with Gasteiger partial charge in [0.15, 0.2) is 0 Å². The fraction of sp³-hybridized carbons (Fsp3) is 0.533. The van der Waals surface area contributed by atoms with Crippen molar-refractivity contribution in [3.63, 3.8) is 0 Å². The molecule has 0 radical (unpaired) electrons. The van der Waals surface area contributed by atoms with Crippen molar-refractivity contribution in [3.05, 3.63) is 29.6 Å². The molecule has 0 saturated carbocycles. The molecule has 0 aliphatic carbocycles. The van der Waals surface area contributed by atoms with Gasteiger partial charge >= 0.3 is 6.03 Å². The van der Waals surface area contributed by atoms with Gasteiger partial charge in [-0.05, 0) is 42.0 Å². The topological polar surface area (TPSA) is 44.4 Å². The first-order chi connectivity index (χ1) is 10.1. The van der Waals surface area contributed by atoms with E-state index in [4.69, 9.17) is 0 Å². The highest BCUT2D eigenvalue weighted by molar-refractivity contribution is 7.99. The molecule has 1 aliphatic rings. The fourth-order valence-corrected chi connectivity index (χ4v) is 3.39. The Bertz CT molecular complexity index is 490. The number of rotatable bonds is 4. The van der Waals surface area contributed by atoms with Crippen molar-refractivity contribution in [2.45, 2.75) is 25.4 Å². The molecular formula is C15H22FN3OS. The summed E-state index contributed by atoms with van der Waals surface area (Å²) in [5.41, 5.74) is 1.30. The van der Waals surface area contributed by atoms with E-state index in [0.717, 1.165) is 29.9 Å². The van der Waals surface area contributed by atoms with Crippen molar-refractivity contribution in [2.24, 2.45) is 0 Å². The highest BCUT2D eigenvalue weighted by atomic mass is 32.2. The maximum atomic E-state index is 13.8. The molecule has 2 amide bonds. The predicted octanol–water partition coefficient (Wildman–Crippen LogP) is 2.59. The van der Waals surface area contributed by atoms with Crippen LogP contribution in [-0.2, 0) is 6.54 Å². The van der Waals surface area contributed by atoms with Crippen LogP contribution in [0.3, 0.4) is 0 Å². The maximum Gasteiger partial charge on any atom is 0.315 e. The summed E-state index contributed by atoms with van der Waals surface area (Å²) >= 11 is 1.92. The van der Waals surface area contributed by atoms with E-state index in [-0.39, 0.29) is 17.9 Å². The van der Waals surface area contributed by atoms with Gasteiger partial charge in [-0.15, -0.1) is 0 Å². The minimum atomic E-state index is -0.274. The van der Waals surface area contributed by atoms with Crippen molar-refractivity contribution < 1.29 is 9.18 Å². The number of carbonyl (C=O) groups is 1. The van der Waals surface area contributed by atoms with Gasteiger partial charge in [-0.25, -0.2) is 9.18 Å². The first-order valence-electron chi connectivity index (χ1n) is 7.14. The minimum absolute atomic E-state index is 0.177. The maximum absolute atomic E-state index is 13.8. The van der Waals surface area contributed by atoms with Crippen LogP contribution in [0.2, 0.25) is 0 Å². The molecule has 1 fully saturated rings. The summed E-state index contributed by atoms with van der Waals surface area (Å²) in [6.07, 6.45) is 2.04. The summed E-state index contributed by atoms with van der Waals surface area (Å²) in [6.45, 7) is 0.331. The number of nitrogens with zero attached hydrogens (tertiary/aromatic N) is 1. The Morgan fingerprint density at radius 3 is 2.71 bits per heavy atom. The number of thioether (sulfide) groups is 1. The molecule has 0 spiro atoms. The Morgan fingerprint density at radius 1 is 1.38 bits per heavy atom. The molecule has 2 N–H and O–H groups in total. The lowest BCUT2D eigenvalue weighted by Crippen LogP contribution is -2.43. The molecule has 1 heterocycles.